The molecule has 1 heterocycles. The Hall–Kier alpha value is -1.04. The lowest BCUT2D eigenvalue weighted by Crippen LogP contribution is -2.50. The highest BCUT2D eigenvalue weighted by Crippen LogP contribution is 2.60. The second kappa shape index (κ2) is 5.75. The summed E-state index contributed by atoms with van der Waals surface area (Å²) in [6.45, 7) is 0. The molecule has 1 aromatic rings. The smallest absolute Gasteiger partial charge is 0.298 e. The average Bonchev–Trinajstić information content (AvgIpc) is 2.51. The van der Waals surface area contributed by atoms with Crippen molar-refractivity contribution in [2.45, 2.75) is 49.7 Å². The van der Waals surface area contributed by atoms with Crippen LogP contribution in [0, 0.1) is 23.2 Å². The van der Waals surface area contributed by atoms with Crippen LogP contribution < -0.4 is 0 Å². The summed E-state index contributed by atoms with van der Waals surface area (Å²) in [7, 11) is 0. The van der Waals surface area contributed by atoms with Gasteiger partial charge in [0.25, 0.3) is 0 Å². The van der Waals surface area contributed by atoms with Crippen LogP contribution in [0.2, 0.25) is 0 Å². The SMILES string of the molecule is O=C(CSc1ccc(C(F)(F)F)cn1)C12CC3CC(CC(C3)C1)C2. The summed E-state index contributed by atoms with van der Waals surface area (Å²) in [5.41, 5.74) is -0.896. The van der Waals surface area contributed by atoms with Gasteiger partial charge in [-0.05, 0) is 68.4 Å². The number of halogens is 3. The minimum absolute atomic E-state index is 0.145. The Kier molecular flexibility index (Phi) is 3.94. The number of rotatable bonds is 4. The normalized spacial score (nSPS) is 34.5. The van der Waals surface area contributed by atoms with Crippen LogP contribution in [0.5, 0.6) is 0 Å². The van der Waals surface area contributed by atoms with Gasteiger partial charge in [-0.1, -0.05) is 11.8 Å². The zero-order chi connectivity index (χ0) is 16.9. The highest BCUT2D eigenvalue weighted by molar-refractivity contribution is 7.99. The number of ketones is 1. The van der Waals surface area contributed by atoms with E-state index >= 15 is 0 Å². The van der Waals surface area contributed by atoms with Gasteiger partial charge in [0.2, 0.25) is 0 Å². The number of Topliss-reactive ketones (excluding diaryl/α,β-unsaturated/α-hetero) is 1. The quantitative estimate of drug-likeness (QED) is 0.714. The molecular formula is C18H20F3NOS. The third-order valence-corrected chi connectivity index (χ3v) is 6.99. The van der Waals surface area contributed by atoms with E-state index < -0.39 is 11.7 Å². The molecule has 4 bridgehead atoms. The first kappa shape index (κ1) is 16.4. The summed E-state index contributed by atoms with van der Waals surface area (Å²) >= 11 is 1.27. The van der Waals surface area contributed by atoms with E-state index in [4.69, 9.17) is 0 Å². The molecule has 0 amide bonds. The van der Waals surface area contributed by atoms with Crippen molar-refractivity contribution in [3.8, 4) is 0 Å². The van der Waals surface area contributed by atoms with Crippen molar-refractivity contribution in [3.63, 3.8) is 0 Å². The largest absolute Gasteiger partial charge is 0.417 e. The molecule has 0 spiro atoms. The van der Waals surface area contributed by atoms with Gasteiger partial charge in [-0.25, -0.2) is 4.98 Å². The average molecular weight is 355 g/mol. The first-order chi connectivity index (χ1) is 11.3. The van der Waals surface area contributed by atoms with Crippen LogP contribution in [-0.2, 0) is 11.0 Å². The summed E-state index contributed by atoms with van der Waals surface area (Å²) in [4.78, 5) is 16.7. The van der Waals surface area contributed by atoms with Crippen LogP contribution >= 0.6 is 11.8 Å². The van der Waals surface area contributed by atoms with E-state index in [2.05, 4.69) is 4.98 Å². The molecule has 1 aromatic heterocycles. The molecule has 2 nitrogen and oxygen atoms in total. The first-order valence-corrected chi connectivity index (χ1v) is 9.52. The Balaban J connectivity index is 1.40. The van der Waals surface area contributed by atoms with Gasteiger partial charge in [0.15, 0.2) is 0 Å². The van der Waals surface area contributed by atoms with Crippen molar-refractivity contribution in [1.82, 2.24) is 4.98 Å². The van der Waals surface area contributed by atoms with Crippen molar-refractivity contribution in [1.29, 1.82) is 0 Å². The summed E-state index contributed by atoms with van der Waals surface area (Å²) < 4.78 is 37.7. The van der Waals surface area contributed by atoms with Crippen molar-refractivity contribution in [2.75, 3.05) is 5.75 Å². The Morgan fingerprint density at radius 3 is 2.17 bits per heavy atom. The maximum absolute atomic E-state index is 12.9. The van der Waals surface area contributed by atoms with Crippen LogP contribution in [0.25, 0.3) is 0 Å². The zero-order valence-electron chi connectivity index (χ0n) is 13.3. The van der Waals surface area contributed by atoms with Crippen LogP contribution in [0.3, 0.4) is 0 Å². The Bertz CT molecular complexity index is 605. The second-order valence-corrected chi connectivity index (χ2v) is 8.79. The predicted molar refractivity (Wildman–Crippen MR) is 85.6 cm³/mol. The van der Waals surface area contributed by atoms with Gasteiger partial charge in [0, 0.05) is 11.6 Å². The molecule has 4 fully saturated rings. The maximum atomic E-state index is 12.9. The van der Waals surface area contributed by atoms with E-state index in [0.29, 0.717) is 10.8 Å². The molecule has 24 heavy (non-hydrogen) atoms. The lowest BCUT2D eigenvalue weighted by molar-refractivity contribution is -0.141. The van der Waals surface area contributed by atoms with Crippen molar-refractivity contribution in [2.24, 2.45) is 23.2 Å². The summed E-state index contributed by atoms with van der Waals surface area (Å²) in [6, 6.07) is 2.39. The number of thioether (sulfide) groups is 1. The number of nitrogens with zero attached hydrogens (tertiary/aromatic N) is 1. The maximum Gasteiger partial charge on any atom is 0.417 e. The second-order valence-electron chi connectivity index (χ2n) is 7.79. The summed E-state index contributed by atoms with van der Waals surface area (Å²) in [6.07, 6.45) is 3.43. The molecule has 6 heteroatoms. The van der Waals surface area contributed by atoms with E-state index in [1.54, 1.807) is 0 Å². The molecule has 0 N–H and O–H groups in total. The lowest BCUT2D eigenvalue weighted by Gasteiger charge is -2.56. The Morgan fingerprint density at radius 1 is 1.12 bits per heavy atom. The van der Waals surface area contributed by atoms with Crippen LogP contribution in [0.4, 0.5) is 13.2 Å². The monoisotopic (exact) mass is 355 g/mol. The van der Waals surface area contributed by atoms with E-state index in [1.807, 2.05) is 0 Å². The van der Waals surface area contributed by atoms with Crippen molar-refractivity contribution < 1.29 is 18.0 Å². The van der Waals surface area contributed by atoms with Gasteiger partial charge >= 0.3 is 6.18 Å². The molecule has 130 valence electrons. The standard InChI is InChI=1S/C18H20F3NOS/c19-18(20,21)14-1-2-16(22-9-14)24-10-15(23)17-6-11-3-12(7-17)5-13(4-11)8-17/h1-2,9,11-13H,3-8,10H2. The highest BCUT2D eigenvalue weighted by atomic mass is 32.2. The minimum atomic E-state index is -4.37. The van der Waals surface area contributed by atoms with Crippen LogP contribution in [0.1, 0.15) is 44.1 Å². The highest BCUT2D eigenvalue weighted by Gasteiger charge is 2.54. The molecule has 4 saturated carbocycles. The zero-order valence-corrected chi connectivity index (χ0v) is 14.1. The van der Waals surface area contributed by atoms with Gasteiger partial charge in [-0.15, -0.1) is 0 Å². The third-order valence-electron chi connectivity index (χ3n) is 6.04. The fourth-order valence-corrected chi connectivity index (χ4v) is 6.25. The van der Waals surface area contributed by atoms with Gasteiger partial charge in [-0.2, -0.15) is 13.2 Å². The van der Waals surface area contributed by atoms with E-state index in [1.165, 1.54) is 37.1 Å². The number of carbonyl (C=O) groups is 1. The van der Waals surface area contributed by atoms with Gasteiger partial charge < -0.3 is 0 Å². The number of hydrogen-bond donors (Lipinski definition) is 0. The molecule has 0 aromatic carbocycles. The molecule has 0 atom stereocenters. The minimum Gasteiger partial charge on any atom is -0.298 e. The number of carbonyl (C=O) groups excluding carboxylic acids is 1. The molecule has 0 unspecified atom stereocenters. The number of aromatic nitrogens is 1. The van der Waals surface area contributed by atoms with Gasteiger partial charge in [0.1, 0.15) is 5.78 Å². The topological polar surface area (TPSA) is 30.0 Å². The number of pyridine rings is 1. The summed E-state index contributed by atoms with van der Waals surface area (Å²) in [5.74, 6) is 2.76. The van der Waals surface area contributed by atoms with Crippen LogP contribution in [-0.4, -0.2) is 16.5 Å². The predicted octanol–water partition coefficient (Wildman–Crippen LogP) is 4.98. The number of hydrogen-bond acceptors (Lipinski definition) is 3. The molecular weight excluding hydrogens is 335 g/mol. The fourth-order valence-electron chi connectivity index (χ4n) is 5.38. The van der Waals surface area contributed by atoms with E-state index in [9.17, 15) is 18.0 Å². The molecule has 4 aliphatic rings. The third kappa shape index (κ3) is 2.98. The molecule has 0 radical (unpaired) electrons. The molecule has 5 rings (SSSR count). The van der Waals surface area contributed by atoms with Crippen molar-refractivity contribution >= 4 is 17.5 Å². The van der Waals surface area contributed by atoms with E-state index in [-0.39, 0.29) is 11.2 Å². The first-order valence-electron chi connectivity index (χ1n) is 8.53. The van der Waals surface area contributed by atoms with Crippen molar-refractivity contribution in [3.05, 3.63) is 23.9 Å². The fraction of sp³-hybridized carbons (Fsp3) is 0.667. The molecule has 0 saturated heterocycles. The Labute approximate surface area is 143 Å². The lowest BCUT2D eigenvalue weighted by atomic mass is 9.48. The van der Waals surface area contributed by atoms with Crippen LogP contribution in [0.15, 0.2) is 23.4 Å². The van der Waals surface area contributed by atoms with Gasteiger partial charge in [0.05, 0.1) is 16.3 Å². The molecule has 4 aliphatic carbocycles. The molecule has 0 aliphatic heterocycles. The Morgan fingerprint density at radius 2 is 1.71 bits per heavy atom. The summed E-state index contributed by atoms with van der Waals surface area (Å²) in [5, 5.41) is 0.487. The number of alkyl halides is 3. The van der Waals surface area contributed by atoms with E-state index in [0.717, 1.165) is 49.3 Å². The van der Waals surface area contributed by atoms with Gasteiger partial charge in [-0.3, -0.25) is 4.79 Å².